The van der Waals surface area contributed by atoms with E-state index in [9.17, 15) is 8.42 Å². The molecule has 0 aromatic rings. The Balaban J connectivity index is 3.65. The maximum absolute atomic E-state index is 10.4. The van der Waals surface area contributed by atoms with E-state index >= 15 is 0 Å². The maximum Gasteiger partial charge on any atom is 0.426 e. The molecule has 0 aliphatic rings. The molecule has 0 bridgehead atoms. The second-order valence-corrected chi connectivity index (χ2v) is 2.48. The zero-order valence-electron chi connectivity index (χ0n) is 5.86. The molecule has 0 atom stereocenters. The Bertz CT molecular complexity index is 160. The summed E-state index contributed by atoms with van der Waals surface area (Å²) in [5, 5.41) is 0. The molecule has 0 radical (unpaired) electrons. The maximum atomic E-state index is 10.4. The molecule has 0 aliphatic carbocycles. The van der Waals surface area contributed by atoms with Crippen molar-refractivity contribution >= 4 is 10.4 Å². The van der Waals surface area contributed by atoms with Crippen molar-refractivity contribution in [3.63, 3.8) is 0 Å². The third-order valence-electron chi connectivity index (χ3n) is 0.511. The van der Waals surface area contributed by atoms with Crippen molar-refractivity contribution in [3.05, 3.63) is 0 Å². The average Bonchev–Trinajstić information content (AvgIpc) is 1.84. The van der Waals surface area contributed by atoms with Gasteiger partial charge in [-0.3, -0.25) is 0 Å². The second kappa shape index (κ2) is 4.62. The highest BCUT2D eigenvalue weighted by Crippen LogP contribution is 1.95. The summed E-state index contributed by atoms with van der Waals surface area (Å²) in [7, 11) is -3.92. The van der Waals surface area contributed by atoms with Crippen LogP contribution in [-0.4, -0.2) is 21.6 Å². The molecule has 0 N–H and O–H groups in total. The van der Waals surface area contributed by atoms with Crippen LogP contribution in [0.5, 0.6) is 0 Å². The summed E-state index contributed by atoms with van der Waals surface area (Å²) in [5.74, 6) is 0. The van der Waals surface area contributed by atoms with Crippen molar-refractivity contribution in [2.45, 2.75) is 13.8 Å². The van der Waals surface area contributed by atoms with E-state index in [1.54, 1.807) is 6.92 Å². The highest BCUT2D eigenvalue weighted by molar-refractivity contribution is 7.81. The van der Waals surface area contributed by atoms with E-state index in [0.29, 0.717) is 0 Å². The fourth-order valence-corrected chi connectivity index (χ4v) is 0.813. The van der Waals surface area contributed by atoms with Crippen LogP contribution in [-0.2, 0) is 23.8 Å². The monoisotopic (exact) mass is 170 g/mol. The minimum absolute atomic E-state index is 0.0371. The molecule has 0 aliphatic heterocycles. The number of rotatable bonds is 5. The van der Waals surface area contributed by atoms with Gasteiger partial charge >= 0.3 is 10.4 Å². The number of hydrogen-bond acceptors (Lipinski definition) is 5. The van der Waals surface area contributed by atoms with Gasteiger partial charge in [-0.2, -0.15) is 8.42 Å². The van der Waals surface area contributed by atoms with Gasteiger partial charge in [-0.15, -0.1) is 0 Å². The highest BCUT2D eigenvalue weighted by Gasteiger charge is 2.10. The van der Waals surface area contributed by atoms with Crippen LogP contribution in [0.15, 0.2) is 0 Å². The molecule has 0 rings (SSSR count). The molecular weight excluding hydrogens is 160 g/mol. The summed E-state index contributed by atoms with van der Waals surface area (Å²) < 4.78 is 28.9. The van der Waals surface area contributed by atoms with Crippen molar-refractivity contribution in [1.29, 1.82) is 0 Å². The van der Waals surface area contributed by atoms with Crippen LogP contribution in [0.1, 0.15) is 13.8 Å². The van der Waals surface area contributed by atoms with E-state index in [4.69, 9.17) is 0 Å². The van der Waals surface area contributed by atoms with E-state index in [1.807, 2.05) is 0 Å². The largest absolute Gasteiger partial charge is 0.426 e. The lowest BCUT2D eigenvalue weighted by atomic mass is 10.9. The molecule has 62 valence electrons. The molecule has 0 saturated carbocycles. The van der Waals surface area contributed by atoms with Gasteiger partial charge in [-0.1, -0.05) is 4.33 Å². The molecule has 0 aromatic carbocycles. The normalized spacial score (nSPS) is 11.8. The van der Waals surface area contributed by atoms with Gasteiger partial charge < -0.3 is 0 Å². The first-order chi connectivity index (χ1) is 4.62. The molecule has 5 nitrogen and oxygen atoms in total. The Morgan fingerprint density at radius 2 is 1.80 bits per heavy atom. The van der Waals surface area contributed by atoms with Crippen molar-refractivity contribution in [2.24, 2.45) is 0 Å². The topological polar surface area (TPSA) is 61.8 Å². The molecule has 0 spiro atoms. The lowest BCUT2D eigenvalue weighted by Crippen LogP contribution is -2.10. The van der Waals surface area contributed by atoms with Crippen molar-refractivity contribution in [2.75, 3.05) is 13.2 Å². The molecule has 6 heteroatoms. The summed E-state index contributed by atoms with van der Waals surface area (Å²) in [6.07, 6.45) is 0. The average molecular weight is 170 g/mol. The first-order valence-corrected chi connectivity index (χ1v) is 4.16. The van der Waals surface area contributed by atoms with Crippen LogP contribution < -0.4 is 0 Å². The van der Waals surface area contributed by atoms with Gasteiger partial charge in [-0.05, 0) is 13.8 Å². The molecular formula is C4H10O5S. The predicted octanol–water partition coefficient (Wildman–Crippen LogP) is 0.236. The summed E-state index contributed by atoms with van der Waals surface area (Å²) in [5.41, 5.74) is 0. The van der Waals surface area contributed by atoms with Crippen molar-refractivity contribution in [3.8, 4) is 0 Å². The Kier molecular flexibility index (Phi) is 4.54. The Morgan fingerprint density at radius 3 is 2.20 bits per heavy atom. The van der Waals surface area contributed by atoms with Gasteiger partial charge in [-0.25, -0.2) is 9.07 Å². The van der Waals surface area contributed by atoms with Gasteiger partial charge in [0.15, 0.2) is 0 Å². The van der Waals surface area contributed by atoms with E-state index in [-0.39, 0.29) is 13.2 Å². The zero-order valence-corrected chi connectivity index (χ0v) is 6.68. The quantitative estimate of drug-likeness (QED) is 0.436. The van der Waals surface area contributed by atoms with E-state index in [1.165, 1.54) is 6.92 Å². The molecule has 0 unspecified atom stereocenters. The molecule has 0 aromatic heterocycles. The van der Waals surface area contributed by atoms with Crippen molar-refractivity contribution < 1.29 is 21.8 Å². The fourth-order valence-electron chi connectivity index (χ4n) is 0.271. The van der Waals surface area contributed by atoms with Crippen LogP contribution in [0.3, 0.4) is 0 Å². The summed E-state index contributed by atoms with van der Waals surface area (Å²) in [6.45, 7) is 3.33. The third-order valence-corrected chi connectivity index (χ3v) is 1.30. The fraction of sp³-hybridized carbons (Fsp3) is 1.00. The lowest BCUT2D eigenvalue weighted by molar-refractivity contribution is -0.204. The Hall–Kier alpha value is -0.170. The minimum Gasteiger partial charge on any atom is -0.247 e. The second-order valence-electron chi connectivity index (χ2n) is 1.29. The van der Waals surface area contributed by atoms with E-state index in [0.717, 1.165) is 0 Å². The highest BCUT2D eigenvalue weighted by atomic mass is 32.3. The Morgan fingerprint density at radius 1 is 1.20 bits per heavy atom. The predicted molar refractivity (Wildman–Crippen MR) is 33.3 cm³/mol. The van der Waals surface area contributed by atoms with Crippen LogP contribution in [0.2, 0.25) is 0 Å². The standard InChI is InChI=1S/C4H10O5S/c1-3-7-9-10(5,6)8-4-2/h3-4H2,1-2H3. The van der Waals surface area contributed by atoms with Gasteiger partial charge in [0.1, 0.15) is 0 Å². The molecule has 0 heterocycles. The lowest BCUT2D eigenvalue weighted by Gasteiger charge is -1.99. The van der Waals surface area contributed by atoms with E-state index < -0.39 is 10.4 Å². The first-order valence-electron chi connectivity index (χ1n) is 2.82. The van der Waals surface area contributed by atoms with Gasteiger partial charge in [0.25, 0.3) is 0 Å². The van der Waals surface area contributed by atoms with E-state index in [2.05, 4.69) is 13.4 Å². The van der Waals surface area contributed by atoms with Gasteiger partial charge in [0.2, 0.25) is 0 Å². The van der Waals surface area contributed by atoms with Gasteiger partial charge in [0, 0.05) is 0 Å². The first kappa shape index (κ1) is 9.83. The molecule has 0 fully saturated rings. The summed E-state index contributed by atoms with van der Waals surface area (Å²) in [4.78, 5) is 4.14. The summed E-state index contributed by atoms with van der Waals surface area (Å²) in [6, 6.07) is 0. The number of hydrogen-bond donors (Lipinski definition) is 0. The Labute approximate surface area is 60.1 Å². The van der Waals surface area contributed by atoms with Crippen molar-refractivity contribution in [1.82, 2.24) is 0 Å². The smallest absolute Gasteiger partial charge is 0.247 e. The third kappa shape index (κ3) is 4.68. The SMILES string of the molecule is CCOOS(=O)(=O)OCC. The molecule has 0 amide bonds. The minimum atomic E-state index is -3.92. The molecule has 10 heavy (non-hydrogen) atoms. The van der Waals surface area contributed by atoms with Gasteiger partial charge in [0.05, 0.1) is 13.2 Å². The van der Waals surface area contributed by atoms with Crippen LogP contribution in [0.4, 0.5) is 0 Å². The molecule has 0 saturated heterocycles. The summed E-state index contributed by atoms with van der Waals surface area (Å²) >= 11 is 0. The zero-order chi connectivity index (χ0) is 8.04. The van der Waals surface area contributed by atoms with Crippen LogP contribution >= 0.6 is 0 Å². The van der Waals surface area contributed by atoms with Crippen LogP contribution in [0, 0.1) is 0 Å². The van der Waals surface area contributed by atoms with Crippen LogP contribution in [0.25, 0.3) is 0 Å².